The Hall–Kier alpha value is -1.49. The van der Waals surface area contributed by atoms with Gasteiger partial charge in [-0.2, -0.15) is 0 Å². The summed E-state index contributed by atoms with van der Waals surface area (Å²) in [5.41, 5.74) is 0.832. The van der Waals surface area contributed by atoms with Gasteiger partial charge in [-0.25, -0.2) is 0 Å². The van der Waals surface area contributed by atoms with E-state index in [0.717, 1.165) is 17.0 Å². The van der Waals surface area contributed by atoms with E-state index in [9.17, 15) is 9.59 Å². The zero-order chi connectivity index (χ0) is 14.5. The van der Waals surface area contributed by atoms with Crippen molar-refractivity contribution < 1.29 is 9.59 Å². The number of rotatable bonds is 5. The summed E-state index contributed by atoms with van der Waals surface area (Å²) in [7, 11) is 0. The summed E-state index contributed by atoms with van der Waals surface area (Å²) >= 11 is 1.46. The Labute approximate surface area is 123 Å². The molecule has 1 aromatic rings. The minimum absolute atomic E-state index is 0.0577. The first-order valence-corrected chi connectivity index (χ1v) is 7.77. The number of benzene rings is 1. The molecule has 2 N–H and O–H groups in total. The second kappa shape index (κ2) is 6.79. The van der Waals surface area contributed by atoms with Crippen LogP contribution < -0.4 is 10.6 Å². The third-order valence-corrected chi connectivity index (χ3v) is 4.40. The Bertz CT molecular complexity index is 502. The number of amides is 2. The van der Waals surface area contributed by atoms with Gasteiger partial charge in [-0.3, -0.25) is 9.59 Å². The number of fused-ring (bicyclic) bond motifs is 1. The van der Waals surface area contributed by atoms with Crippen molar-refractivity contribution in [3.05, 3.63) is 24.3 Å². The predicted octanol–water partition coefficient (Wildman–Crippen LogP) is 2.65. The zero-order valence-electron chi connectivity index (χ0n) is 11.8. The molecular weight excluding hydrogens is 272 g/mol. The Morgan fingerprint density at radius 3 is 2.90 bits per heavy atom. The molecule has 2 amide bonds. The Kier molecular flexibility index (Phi) is 5.06. The maximum absolute atomic E-state index is 12.0. The number of carbonyl (C=O) groups excluding carboxylic acids is 2. The van der Waals surface area contributed by atoms with Gasteiger partial charge < -0.3 is 10.6 Å². The molecule has 2 rings (SSSR count). The van der Waals surface area contributed by atoms with Crippen molar-refractivity contribution in [1.29, 1.82) is 0 Å². The van der Waals surface area contributed by atoms with Crippen LogP contribution in [0.5, 0.6) is 0 Å². The molecule has 0 aromatic heterocycles. The van der Waals surface area contributed by atoms with Crippen LogP contribution in [0.25, 0.3) is 0 Å². The van der Waals surface area contributed by atoms with Gasteiger partial charge in [-0.15, -0.1) is 11.8 Å². The Morgan fingerprint density at radius 2 is 2.15 bits per heavy atom. The Morgan fingerprint density at radius 1 is 1.40 bits per heavy atom. The fraction of sp³-hybridized carbons (Fsp3) is 0.467. The molecule has 4 nitrogen and oxygen atoms in total. The van der Waals surface area contributed by atoms with Gasteiger partial charge in [-0.1, -0.05) is 26.0 Å². The average molecular weight is 292 g/mol. The normalized spacial score (nSPS) is 17.6. The lowest BCUT2D eigenvalue weighted by molar-refractivity contribution is -0.124. The van der Waals surface area contributed by atoms with Crippen LogP contribution in [0.1, 0.15) is 26.7 Å². The molecule has 0 saturated heterocycles. The maximum Gasteiger partial charge on any atom is 0.238 e. The van der Waals surface area contributed by atoms with Crippen LogP contribution in [0, 0.1) is 5.92 Å². The highest BCUT2D eigenvalue weighted by molar-refractivity contribution is 8.01. The van der Waals surface area contributed by atoms with Gasteiger partial charge in [0, 0.05) is 17.9 Å². The van der Waals surface area contributed by atoms with E-state index < -0.39 is 0 Å². The van der Waals surface area contributed by atoms with Crippen molar-refractivity contribution in [3.63, 3.8) is 0 Å². The van der Waals surface area contributed by atoms with E-state index in [-0.39, 0.29) is 23.5 Å². The first kappa shape index (κ1) is 14.9. The molecule has 0 unspecified atom stereocenters. The molecule has 0 radical (unpaired) electrons. The molecule has 1 heterocycles. The molecule has 1 aliphatic rings. The molecule has 1 aliphatic heterocycles. The van der Waals surface area contributed by atoms with Crippen molar-refractivity contribution in [2.45, 2.75) is 36.8 Å². The maximum atomic E-state index is 12.0. The van der Waals surface area contributed by atoms with Gasteiger partial charge >= 0.3 is 0 Å². The highest BCUT2D eigenvalue weighted by atomic mass is 32.2. The quantitative estimate of drug-likeness (QED) is 0.877. The number of hydrogen-bond donors (Lipinski definition) is 2. The van der Waals surface area contributed by atoms with E-state index in [1.807, 2.05) is 24.3 Å². The summed E-state index contributed by atoms with van der Waals surface area (Å²) in [6, 6.07) is 7.66. The van der Waals surface area contributed by atoms with Crippen molar-refractivity contribution in [1.82, 2.24) is 5.32 Å². The van der Waals surface area contributed by atoms with Crippen molar-refractivity contribution in [3.8, 4) is 0 Å². The number of para-hydroxylation sites is 1. The number of nitrogens with one attached hydrogen (secondary N) is 2. The number of hydrogen-bond acceptors (Lipinski definition) is 3. The van der Waals surface area contributed by atoms with Gasteiger partial charge in [0.25, 0.3) is 0 Å². The molecule has 0 spiro atoms. The summed E-state index contributed by atoms with van der Waals surface area (Å²) in [5.74, 6) is 0.417. The summed E-state index contributed by atoms with van der Waals surface area (Å²) < 4.78 is 0. The SMILES string of the molecule is CC(C)CCNC(=O)C[C@@H]1Sc2ccccc2NC1=O. The number of thioether (sulfide) groups is 1. The summed E-state index contributed by atoms with van der Waals surface area (Å²) in [5, 5.41) is 5.38. The fourth-order valence-electron chi connectivity index (χ4n) is 1.97. The first-order chi connectivity index (χ1) is 9.56. The highest BCUT2D eigenvalue weighted by Crippen LogP contribution is 2.36. The first-order valence-electron chi connectivity index (χ1n) is 6.89. The fourth-order valence-corrected chi connectivity index (χ4v) is 3.08. The summed E-state index contributed by atoms with van der Waals surface area (Å²) in [4.78, 5) is 24.8. The number of anilines is 1. The summed E-state index contributed by atoms with van der Waals surface area (Å²) in [6.07, 6.45) is 1.18. The molecule has 0 fully saturated rings. The van der Waals surface area contributed by atoms with Gasteiger partial charge in [0.2, 0.25) is 11.8 Å². The molecule has 0 aliphatic carbocycles. The van der Waals surface area contributed by atoms with E-state index in [1.165, 1.54) is 11.8 Å². The molecule has 5 heteroatoms. The highest BCUT2D eigenvalue weighted by Gasteiger charge is 2.28. The minimum Gasteiger partial charge on any atom is -0.356 e. The minimum atomic E-state index is -0.344. The average Bonchev–Trinajstić information content (AvgIpc) is 2.39. The van der Waals surface area contributed by atoms with Crippen LogP contribution in [0.3, 0.4) is 0 Å². The van der Waals surface area contributed by atoms with Crippen LogP contribution in [-0.4, -0.2) is 23.6 Å². The van der Waals surface area contributed by atoms with Crippen molar-refractivity contribution in [2.75, 3.05) is 11.9 Å². The summed E-state index contributed by atoms with van der Waals surface area (Å²) in [6.45, 7) is 4.91. The standard InChI is InChI=1S/C15H20N2O2S/c1-10(2)7-8-16-14(18)9-13-15(19)17-11-5-3-4-6-12(11)20-13/h3-6,10,13H,7-9H2,1-2H3,(H,16,18)(H,17,19)/t13-/m0/s1. The topological polar surface area (TPSA) is 58.2 Å². The zero-order valence-corrected chi connectivity index (χ0v) is 12.6. The van der Waals surface area contributed by atoms with Gasteiger partial charge in [0.1, 0.15) is 0 Å². The molecule has 20 heavy (non-hydrogen) atoms. The van der Waals surface area contributed by atoms with Crippen LogP contribution in [0.4, 0.5) is 5.69 Å². The van der Waals surface area contributed by atoms with Gasteiger partial charge in [0.05, 0.1) is 10.9 Å². The van der Waals surface area contributed by atoms with Crippen LogP contribution in [0.2, 0.25) is 0 Å². The molecule has 108 valence electrons. The Balaban J connectivity index is 1.87. The third kappa shape index (κ3) is 4.00. The van der Waals surface area contributed by atoms with E-state index >= 15 is 0 Å². The van der Waals surface area contributed by atoms with Crippen molar-refractivity contribution in [2.24, 2.45) is 5.92 Å². The lowest BCUT2D eigenvalue weighted by Crippen LogP contribution is -2.35. The number of carbonyl (C=O) groups is 2. The molecule has 0 saturated carbocycles. The van der Waals surface area contributed by atoms with Crippen LogP contribution in [0.15, 0.2) is 29.2 Å². The predicted molar refractivity (Wildman–Crippen MR) is 81.8 cm³/mol. The van der Waals surface area contributed by atoms with E-state index in [0.29, 0.717) is 12.5 Å². The van der Waals surface area contributed by atoms with Crippen LogP contribution >= 0.6 is 11.8 Å². The van der Waals surface area contributed by atoms with E-state index in [4.69, 9.17) is 0 Å². The van der Waals surface area contributed by atoms with Crippen LogP contribution in [-0.2, 0) is 9.59 Å². The lowest BCUT2D eigenvalue weighted by atomic mass is 10.1. The van der Waals surface area contributed by atoms with Crippen molar-refractivity contribution >= 4 is 29.3 Å². The smallest absolute Gasteiger partial charge is 0.238 e. The molecule has 1 aromatic carbocycles. The van der Waals surface area contributed by atoms with E-state index in [2.05, 4.69) is 24.5 Å². The second-order valence-corrected chi connectivity index (χ2v) is 6.57. The monoisotopic (exact) mass is 292 g/mol. The van der Waals surface area contributed by atoms with Gasteiger partial charge in [0.15, 0.2) is 0 Å². The largest absolute Gasteiger partial charge is 0.356 e. The van der Waals surface area contributed by atoms with Gasteiger partial charge in [-0.05, 0) is 24.5 Å². The molecule has 1 atom stereocenters. The third-order valence-electron chi connectivity index (χ3n) is 3.12. The molecular formula is C15H20N2O2S. The molecule has 0 bridgehead atoms. The second-order valence-electron chi connectivity index (χ2n) is 5.33. The lowest BCUT2D eigenvalue weighted by Gasteiger charge is -2.23. The van der Waals surface area contributed by atoms with E-state index in [1.54, 1.807) is 0 Å².